The smallest absolute Gasteiger partial charge is 0.221 e. The fourth-order valence-corrected chi connectivity index (χ4v) is 3.36. The second kappa shape index (κ2) is 10.2. The molecule has 0 spiro atoms. The molecule has 1 heterocycles. The third-order valence-corrected chi connectivity index (χ3v) is 4.82. The summed E-state index contributed by atoms with van der Waals surface area (Å²) in [6.45, 7) is 5.28. The van der Waals surface area contributed by atoms with E-state index in [4.69, 9.17) is 14.9 Å². The summed E-state index contributed by atoms with van der Waals surface area (Å²) >= 11 is 0. The number of rotatable bonds is 7. The minimum absolute atomic E-state index is 0.150. The van der Waals surface area contributed by atoms with Gasteiger partial charge in [0.25, 0.3) is 0 Å². The lowest BCUT2D eigenvalue weighted by Crippen LogP contribution is -2.10. The molecule has 3 aromatic carbocycles. The van der Waals surface area contributed by atoms with Gasteiger partial charge in [-0.25, -0.2) is 4.98 Å². The van der Waals surface area contributed by atoms with Crippen molar-refractivity contribution in [2.24, 2.45) is 10.7 Å². The van der Waals surface area contributed by atoms with Crippen LogP contribution in [0.15, 0.2) is 107 Å². The molecule has 0 saturated heterocycles. The maximum Gasteiger partial charge on any atom is 0.221 e. The van der Waals surface area contributed by atoms with E-state index < -0.39 is 0 Å². The predicted octanol–water partition coefficient (Wildman–Crippen LogP) is 5.29. The van der Waals surface area contributed by atoms with Crippen molar-refractivity contribution in [2.75, 3.05) is 10.6 Å². The molecule has 1 amide bonds. The first-order valence-corrected chi connectivity index (χ1v) is 10.4. The quantitative estimate of drug-likeness (QED) is 0.259. The average molecular weight is 454 g/mol. The van der Waals surface area contributed by atoms with Crippen LogP contribution in [0.25, 0.3) is 22.1 Å². The van der Waals surface area contributed by atoms with Gasteiger partial charge in [0.15, 0.2) is 12.2 Å². The van der Waals surface area contributed by atoms with E-state index in [1.807, 2.05) is 48.5 Å². The number of anilines is 2. The van der Waals surface area contributed by atoms with Crippen molar-refractivity contribution in [2.45, 2.75) is 6.92 Å². The molecule has 0 radical (unpaired) electrons. The van der Waals surface area contributed by atoms with Crippen LogP contribution in [0.2, 0.25) is 0 Å². The first-order chi connectivity index (χ1) is 16.6. The van der Waals surface area contributed by atoms with E-state index in [9.17, 15) is 4.79 Å². The Morgan fingerprint density at radius 1 is 1.12 bits per heavy atom. The summed E-state index contributed by atoms with van der Waals surface area (Å²) in [5.74, 6) is 1.67. The molecule has 0 bridgehead atoms. The number of nitrogens with zero attached hydrogens (tertiary/aromatic N) is 2. The average Bonchev–Trinajstić information content (AvgIpc) is 3.39. The van der Waals surface area contributed by atoms with Crippen LogP contribution in [0.4, 0.5) is 11.4 Å². The van der Waals surface area contributed by atoms with Gasteiger partial charge in [-0.15, -0.1) is 0 Å². The Bertz CT molecular complexity index is 1390. The van der Waals surface area contributed by atoms with Crippen LogP contribution in [0.3, 0.4) is 0 Å². The van der Waals surface area contributed by atoms with Gasteiger partial charge in [0.05, 0.1) is 6.20 Å². The number of amides is 1. The minimum Gasteiger partial charge on any atom is -0.444 e. The zero-order chi connectivity index (χ0) is 23.9. The highest BCUT2D eigenvalue weighted by Crippen LogP contribution is 2.32. The number of aliphatic imine (C=N–C) groups is 1. The summed E-state index contributed by atoms with van der Waals surface area (Å²) in [4.78, 5) is 20.0. The van der Waals surface area contributed by atoms with Crippen molar-refractivity contribution < 1.29 is 13.9 Å². The molecule has 0 saturated carbocycles. The first kappa shape index (κ1) is 22.3. The Hall–Kier alpha value is -4.85. The Balaban J connectivity index is 1.59. The van der Waals surface area contributed by atoms with Gasteiger partial charge in [-0.1, -0.05) is 43.0 Å². The van der Waals surface area contributed by atoms with E-state index in [0.29, 0.717) is 23.0 Å². The number of benzene rings is 3. The normalized spacial score (nSPS) is 11.8. The fourth-order valence-electron chi connectivity index (χ4n) is 3.36. The van der Waals surface area contributed by atoms with Crippen molar-refractivity contribution in [1.29, 1.82) is 0 Å². The molecule has 4 N–H and O–H groups in total. The molecule has 8 nitrogen and oxygen atoms in total. The highest BCUT2D eigenvalue weighted by atomic mass is 16.5. The number of nitrogens with one attached hydrogen (secondary N) is 2. The molecule has 170 valence electrons. The Kier molecular flexibility index (Phi) is 6.69. The van der Waals surface area contributed by atoms with Crippen molar-refractivity contribution >= 4 is 34.0 Å². The molecule has 4 rings (SSSR count). The van der Waals surface area contributed by atoms with Gasteiger partial charge < -0.3 is 25.5 Å². The molecule has 8 heteroatoms. The highest BCUT2D eigenvalue weighted by molar-refractivity contribution is 6.04. The maximum atomic E-state index is 11.5. The van der Waals surface area contributed by atoms with Crippen molar-refractivity contribution in [3.63, 3.8) is 0 Å². The van der Waals surface area contributed by atoms with Crippen LogP contribution >= 0.6 is 0 Å². The summed E-state index contributed by atoms with van der Waals surface area (Å²) < 4.78 is 11.4. The summed E-state index contributed by atoms with van der Waals surface area (Å²) in [5, 5.41) is 7.65. The van der Waals surface area contributed by atoms with Crippen molar-refractivity contribution in [1.82, 2.24) is 4.98 Å². The number of aromatic nitrogens is 1. The molecule has 1 aromatic heterocycles. The van der Waals surface area contributed by atoms with E-state index in [1.165, 1.54) is 25.6 Å². The lowest BCUT2D eigenvalue weighted by Gasteiger charge is -2.13. The van der Waals surface area contributed by atoms with Crippen LogP contribution in [0, 0.1) is 0 Å². The summed E-state index contributed by atoms with van der Waals surface area (Å²) in [7, 11) is 0. The van der Waals surface area contributed by atoms with E-state index in [2.05, 4.69) is 27.2 Å². The van der Waals surface area contributed by atoms with E-state index in [0.717, 1.165) is 22.0 Å². The van der Waals surface area contributed by atoms with E-state index in [-0.39, 0.29) is 11.8 Å². The number of hydrogen-bond acceptors (Lipinski definition) is 7. The molecular formula is C26H23N5O3. The number of ether oxygens (including phenoxy) is 1. The minimum atomic E-state index is -0.150. The summed E-state index contributed by atoms with van der Waals surface area (Å²) in [5.41, 5.74) is 8.12. The van der Waals surface area contributed by atoms with Gasteiger partial charge in [-0.2, -0.15) is 4.99 Å². The number of carbonyl (C=O) groups is 1. The van der Waals surface area contributed by atoms with Crippen LogP contribution in [-0.4, -0.2) is 16.8 Å². The van der Waals surface area contributed by atoms with Gasteiger partial charge in [-0.05, 0) is 30.3 Å². The zero-order valence-electron chi connectivity index (χ0n) is 18.5. The molecule has 34 heavy (non-hydrogen) atoms. The standard InChI is InChI=1S/C26H23N5O3/c1-3-26(34-23-12-11-22(29-17(2)32)20-9-4-5-10-21(20)23)31-25(14-27)30-19-8-6-7-18(13-19)24-15-28-16-33-24/h3-16,30H,1,27H2,2H3,(H,29,32)/b25-14-,31-26+. The summed E-state index contributed by atoms with van der Waals surface area (Å²) in [6, 6.07) is 18.7. The van der Waals surface area contributed by atoms with Gasteiger partial charge in [-0.3, -0.25) is 4.79 Å². The molecule has 4 aromatic rings. The topological polar surface area (TPSA) is 115 Å². The number of carbonyl (C=O) groups excluding carboxylic acids is 1. The van der Waals surface area contributed by atoms with Crippen molar-refractivity contribution in [3.8, 4) is 17.1 Å². The maximum absolute atomic E-state index is 11.5. The predicted molar refractivity (Wildman–Crippen MR) is 134 cm³/mol. The van der Waals surface area contributed by atoms with Crippen LogP contribution < -0.4 is 21.1 Å². The van der Waals surface area contributed by atoms with Gasteiger partial charge in [0, 0.05) is 40.8 Å². The Morgan fingerprint density at radius 3 is 2.65 bits per heavy atom. The second-order valence-corrected chi connectivity index (χ2v) is 7.22. The van der Waals surface area contributed by atoms with E-state index >= 15 is 0 Å². The fraction of sp³-hybridized carbons (Fsp3) is 0.0385. The third kappa shape index (κ3) is 5.13. The molecule has 0 atom stereocenters. The lowest BCUT2D eigenvalue weighted by molar-refractivity contribution is -0.114. The molecular weight excluding hydrogens is 430 g/mol. The Morgan fingerprint density at radius 2 is 1.94 bits per heavy atom. The van der Waals surface area contributed by atoms with Gasteiger partial charge >= 0.3 is 0 Å². The molecule has 0 aliphatic heterocycles. The second-order valence-electron chi connectivity index (χ2n) is 7.22. The number of oxazole rings is 1. The van der Waals surface area contributed by atoms with Gasteiger partial charge in [0.1, 0.15) is 11.6 Å². The third-order valence-electron chi connectivity index (χ3n) is 4.82. The molecule has 0 fully saturated rings. The number of fused-ring (bicyclic) bond motifs is 1. The molecule has 0 aliphatic rings. The van der Waals surface area contributed by atoms with Crippen LogP contribution in [0.5, 0.6) is 5.75 Å². The lowest BCUT2D eigenvalue weighted by atomic mass is 10.1. The zero-order valence-corrected chi connectivity index (χ0v) is 18.5. The SMILES string of the molecule is C=C/C(=N\C(=C/N)Nc1cccc(-c2cnco2)c1)Oc1ccc(NC(C)=O)c2ccccc12. The monoisotopic (exact) mass is 453 g/mol. The number of hydrogen-bond donors (Lipinski definition) is 3. The number of nitrogens with two attached hydrogens (primary N) is 1. The molecule has 0 unspecified atom stereocenters. The van der Waals surface area contributed by atoms with E-state index in [1.54, 1.807) is 18.3 Å². The Labute approximate surface area is 196 Å². The largest absolute Gasteiger partial charge is 0.444 e. The first-order valence-electron chi connectivity index (χ1n) is 10.4. The van der Waals surface area contributed by atoms with Crippen LogP contribution in [0.1, 0.15) is 6.92 Å². The van der Waals surface area contributed by atoms with Gasteiger partial charge in [0.2, 0.25) is 11.8 Å². The van der Waals surface area contributed by atoms with Crippen molar-refractivity contribution in [3.05, 3.63) is 97.9 Å². The highest BCUT2D eigenvalue weighted by Gasteiger charge is 2.10. The summed E-state index contributed by atoms with van der Waals surface area (Å²) in [6.07, 6.45) is 5.85. The van der Waals surface area contributed by atoms with Crippen LogP contribution in [-0.2, 0) is 4.79 Å². The molecule has 0 aliphatic carbocycles.